The number of rotatable bonds is 13. The van der Waals surface area contributed by atoms with Gasteiger partial charge in [0.05, 0.1) is 0 Å². The highest BCUT2D eigenvalue weighted by Crippen LogP contribution is 2.06. The minimum atomic E-state index is -1.37. The molecule has 0 unspecified atom stereocenters. The second kappa shape index (κ2) is 14.2. The Labute approximate surface area is 109 Å². The van der Waals surface area contributed by atoms with E-state index in [1.807, 2.05) is 7.05 Å². The van der Waals surface area contributed by atoms with E-state index in [-0.39, 0.29) is 0 Å². The third-order valence-corrected chi connectivity index (χ3v) is 4.81. The molecule has 0 saturated heterocycles. The van der Waals surface area contributed by atoms with E-state index in [0.717, 1.165) is 38.6 Å². The predicted octanol–water partition coefficient (Wildman–Crippen LogP) is 2.84. The standard InChI is InChI=1S/C13H31NO2Si/c1-4-6-11-15-17(16-12-7-5-2)13-9-8-10-14-3/h14,17H,4-13H2,1-3H3. The fraction of sp³-hybridized carbons (Fsp3) is 1.00. The summed E-state index contributed by atoms with van der Waals surface area (Å²) in [5.74, 6) is 0. The number of hydrogen-bond donors (Lipinski definition) is 1. The van der Waals surface area contributed by atoms with Crippen LogP contribution in [0.2, 0.25) is 6.04 Å². The molecule has 0 aliphatic carbocycles. The Morgan fingerprint density at radius 3 is 1.94 bits per heavy atom. The van der Waals surface area contributed by atoms with Gasteiger partial charge in [-0.3, -0.25) is 0 Å². The van der Waals surface area contributed by atoms with Crippen LogP contribution < -0.4 is 5.32 Å². The lowest BCUT2D eigenvalue weighted by molar-refractivity contribution is 0.190. The second-order valence-electron chi connectivity index (χ2n) is 4.48. The summed E-state index contributed by atoms with van der Waals surface area (Å²) < 4.78 is 11.8. The van der Waals surface area contributed by atoms with E-state index in [1.165, 1.54) is 25.7 Å². The van der Waals surface area contributed by atoms with Crippen LogP contribution >= 0.6 is 0 Å². The lowest BCUT2D eigenvalue weighted by atomic mass is 10.3. The molecule has 0 aromatic heterocycles. The topological polar surface area (TPSA) is 30.5 Å². The molecule has 4 heteroatoms. The van der Waals surface area contributed by atoms with E-state index >= 15 is 0 Å². The molecule has 3 nitrogen and oxygen atoms in total. The summed E-state index contributed by atoms with van der Waals surface area (Å²) >= 11 is 0. The zero-order chi connectivity index (χ0) is 12.8. The van der Waals surface area contributed by atoms with Crippen molar-refractivity contribution in [2.45, 2.75) is 58.4 Å². The first kappa shape index (κ1) is 17.1. The summed E-state index contributed by atoms with van der Waals surface area (Å²) in [7, 11) is 0.637. The Morgan fingerprint density at radius 2 is 1.47 bits per heavy atom. The van der Waals surface area contributed by atoms with Crippen LogP contribution in [0.1, 0.15) is 52.4 Å². The summed E-state index contributed by atoms with van der Waals surface area (Å²) in [6.07, 6.45) is 7.20. The molecule has 0 rings (SSSR count). The summed E-state index contributed by atoms with van der Waals surface area (Å²) in [5.41, 5.74) is 0. The number of nitrogens with one attached hydrogen (secondary N) is 1. The van der Waals surface area contributed by atoms with Gasteiger partial charge in [-0.05, 0) is 38.9 Å². The Bertz CT molecular complexity index is 137. The van der Waals surface area contributed by atoms with E-state index in [4.69, 9.17) is 8.85 Å². The summed E-state index contributed by atoms with van der Waals surface area (Å²) in [6, 6.07) is 1.16. The van der Waals surface area contributed by atoms with Crippen LogP contribution in [0.4, 0.5) is 0 Å². The van der Waals surface area contributed by atoms with Gasteiger partial charge in [-0.25, -0.2) is 0 Å². The fourth-order valence-electron chi connectivity index (χ4n) is 1.55. The van der Waals surface area contributed by atoms with Crippen molar-refractivity contribution in [3.63, 3.8) is 0 Å². The molecule has 1 N–H and O–H groups in total. The average Bonchev–Trinajstić information content (AvgIpc) is 2.34. The molecule has 0 bridgehead atoms. The van der Waals surface area contributed by atoms with Gasteiger partial charge in [-0.1, -0.05) is 33.1 Å². The first-order valence-electron chi connectivity index (χ1n) is 7.22. The first-order valence-corrected chi connectivity index (χ1v) is 8.98. The molecular formula is C13H31NO2Si. The van der Waals surface area contributed by atoms with Crippen molar-refractivity contribution in [2.24, 2.45) is 0 Å². The zero-order valence-electron chi connectivity index (χ0n) is 12.0. The Morgan fingerprint density at radius 1 is 0.882 bits per heavy atom. The molecule has 104 valence electrons. The van der Waals surface area contributed by atoms with Crippen LogP contribution in [0.3, 0.4) is 0 Å². The van der Waals surface area contributed by atoms with Gasteiger partial charge in [-0.15, -0.1) is 0 Å². The fourth-order valence-corrected chi connectivity index (χ4v) is 3.46. The molecule has 0 atom stereocenters. The van der Waals surface area contributed by atoms with Crippen LogP contribution in [0.25, 0.3) is 0 Å². The van der Waals surface area contributed by atoms with Crippen molar-refractivity contribution in [3.05, 3.63) is 0 Å². The highest BCUT2D eigenvalue weighted by Gasteiger charge is 2.12. The van der Waals surface area contributed by atoms with Gasteiger partial charge in [0.15, 0.2) is 0 Å². The van der Waals surface area contributed by atoms with Gasteiger partial charge in [0.25, 0.3) is 0 Å². The number of hydrogen-bond acceptors (Lipinski definition) is 3. The molecule has 0 amide bonds. The van der Waals surface area contributed by atoms with Gasteiger partial charge in [0, 0.05) is 13.2 Å². The number of unbranched alkanes of at least 4 members (excludes halogenated alkanes) is 3. The molecule has 0 saturated carbocycles. The minimum Gasteiger partial charge on any atom is -0.397 e. The van der Waals surface area contributed by atoms with Crippen LogP contribution in [-0.2, 0) is 8.85 Å². The summed E-state index contributed by atoms with van der Waals surface area (Å²) in [4.78, 5) is 0. The molecule has 0 aliphatic heterocycles. The molecule has 0 fully saturated rings. The molecular weight excluding hydrogens is 230 g/mol. The molecule has 17 heavy (non-hydrogen) atoms. The van der Waals surface area contributed by atoms with E-state index in [2.05, 4.69) is 19.2 Å². The van der Waals surface area contributed by atoms with E-state index in [1.54, 1.807) is 0 Å². The maximum atomic E-state index is 5.91. The highest BCUT2D eigenvalue weighted by atomic mass is 28.3. The largest absolute Gasteiger partial charge is 0.397 e. The highest BCUT2D eigenvalue weighted by molar-refractivity contribution is 6.44. The third-order valence-electron chi connectivity index (χ3n) is 2.72. The Kier molecular flexibility index (Phi) is 14.2. The van der Waals surface area contributed by atoms with E-state index in [9.17, 15) is 0 Å². The van der Waals surface area contributed by atoms with Gasteiger partial charge in [0.2, 0.25) is 0 Å². The lowest BCUT2D eigenvalue weighted by Gasteiger charge is -2.16. The van der Waals surface area contributed by atoms with E-state index < -0.39 is 9.28 Å². The summed E-state index contributed by atoms with van der Waals surface area (Å²) in [5, 5.41) is 3.18. The molecule has 0 radical (unpaired) electrons. The third kappa shape index (κ3) is 12.3. The molecule has 0 spiro atoms. The second-order valence-corrected chi connectivity index (χ2v) is 6.58. The Hall–Kier alpha value is 0.0969. The van der Waals surface area contributed by atoms with Crippen molar-refractivity contribution in [1.82, 2.24) is 5.32 Å². The van der Waals surface area contributed by atoms with Crippen LogP contribution in [0.5, 0.6) is 0 Å². The van der Waals surface area contributed by atoms with Crippen molar-refractivity contribution >= 4 is 9.28 Å². The van der Waals surface area contributed by atoms with Gasteiger partial charge < -0.3 is 14.2 Å². The maximum Gasteiger partial charge on any atom is 0.321 e. The smallest absolute Gasteiger partial charge is 0.321 e. The zero-order valence-corrected chi connectivity index (χ0v) is 13.1. The van der Waals surface area contributed by atoms with Crippen LogP contribution in [0, 0.1) is 0 Å². The SMILES string of the molecule is CCCCO[SiH](CCCCNC)OCCCC. The average molecular weight is 261 g/mol. The summed E-state index contributed by atoms with van der Waals surface area (Å²) in [6.45, 7) is 7.29. The quantitative estimate of drug-likeness (QED) is 0.408. The van der Waals surface area contributed by atoms with Crippen molar-refractivity contribution in [1.29, 1.82) is 0 Å². The van der Waals surface area contributed by atoms with Crippen molar-refractivity contribution in [2.75, 3.05) is 26.8 Å². The lowest BCUT2D eigenvalue weighted by Crippen LogP contribution is -2.24. The normalized spacial score (nSPS) is 11.3. The molecule has 0 aromatic carbocycles. The van der Waals surface area contributed by atoms with Gasteiger partial charge in [-0.2, -0.15) is 0 Å². The molecule has 0 aliphatic rings. The van der Waals surface area contributed by atoms with Crippen LogP contribution in [-0.4, -0.2) is 36.1 Å². The maximum absolute atomic E-state index is 5.91. The van der Waals surface area contributed by atoms with Crippen molar-refractivity contribution in [3.8, 4) is 0 Å². The van der Waals surface area contributed by atoms with E-state index in [0.29, 0.717) is 0 Å². The molecule has 0 aromatic rings. The van der Waals surface area contributed by atoms with Gasteiger partial charge in [0.1, 0.15) is 0 Å². The Balaban J connectivity index is 3.60. The minimum absolute atomic E-state index is 0.894. The first-order chi connectivity index (χ1) is 8.35. The molecule has 0 heterocycles. The van der Waals surface area contributed by atoms with Crippen LogP contribution in [0.15, 0.2) is 0 Å². The van der Waals surface area contributed by atoms with Gasteiger partial charge >= 0.3 is 9.28 Å². The van der Waals surface area contributed by atoms with Crippen molar-refractivity contribution < 1.29 is 8.85 Å². The predicted molar refractivity (Wildman–Crippen MR) is 76.8 cm³/mol. The monoisotopic (exact) mass is 261 g/mol.